The summed E-state index contributed by atoms with van der Waals surface area (Å²) in [6, 6.07) is 9.42. The van der Waals surface area contributed by atoms with Crippen LogP contribution in [0.2, 0.25) is 0 Å². The summed E-state index contributed by atoms with van der Waals surface area (Å²) in [4.78, 5) is 25.2. The largest absolute Gasteiger partial charge is 0.377 e. The zero-order valence-electron chi connectivity index (χ0n) is 15.2. The van der Waals surface area contributed by atoms with Gasteiger partial charge in [0.1, 0.15) is 6.42 Å². The number of nitrogens with zero attached hydrogens (tertiary/aromatic N) is 1. The van der Waals surface area contributed by atoms with E-state index in [9.17, 15) is 18.0 Å². The summed E-state index contributed by atoms with van der Waals surface area (Å²) < 4.78 is 28.1. The fraction of sp³-hybridized carbons (Fsp3) is 0.222. The van der Waals surface area contributed by atoms with Gasteiger partial charge in [-0.3, -0.25) is 14.3 Å². The number of aryl methyl sites for hydroxylation is 1. The normalized spacial score (nSPS) is 13.9. The summed E-state index contributed by atoms with van der Waals surface area (Å²) in [5, 5.41) is 5.10. The Kier molecular flexibility index (Phi) is 4.79. The summed E-state index contributed by atoms with van der Waals surface area (Å²) in [5.74, 6) is -0.946. The molecule has 0 saturated carbocycles. The van der Waals surface area contributed by atoms with Crippen LogP contribution in [0.15, 0.2) is 41.3 Å². The van der Waals surface area contributed by atoms with Crippen LogP contribution in [0.4, 0.5) is 22.7 Å². The third-order valence-electron chi connectivity index (χ3n) is 4.11. The fourth-order valence-corrected chi connectivity index (χ4v) is 3.88. The Bertz CT molecular complexity index is 1030. The first-order chi connectivity index (χ1) is 12.7. The van der Waals surface area contributed by atoms with Crippen molar-refractivity contribution in [2.45, 2.75) is 18.2 Å². The average Bonchev–Trinajstić information content (AvgIpc) is 2.71. The number of carbonyl (C=O) groups is 2. The van der Waals surface area contributed by atoms with E-state index in [1.807, 2.05) is 32.0 Å². The van der Waals surface area contributed by atoms with E-state index in [2.05, 4.69) is 15.4 Å². The van der Waals surface area contributed by atoms with Crippen molar-refractivity contribution < 1.29 is 18.0 Å². The predicted molar refractivity (Wildman–Crippen MR) is 105 cm³/mol. The first kappa shape index (κ1) is 18.7. The molecule has 3 N–H and O–H groups in total. The number of benzene rings is 2. The van der Waals surface area contributed by atoms with E-state index in [4.69, 9.17) is 0 Å². The Morgan fingerprint density at radius 2 is 1.63 bits per heavy atom. The van der Waals surface area contributed by atoms with Crippen molar-refractivity contribution in [3.8, 4) is 0 Å². The zero-order valence-corrected chi connectivity index (χ0v) is 16.0. The molecule has 8 nitrogen and oxygen atoms in total. The monoisotopic (exact) mass is 388 g/mol. The van der Waals surface area contributed by atoms with Gasteiger partial charge in [-0.15, -0.1) is 0 Å². The highest BCUT2D eigenvalue weighted by molar-refractivity contribution is 7.92. The molecular formula is C18H20N4O4S. The van der Waals surface area contributed by atoms with Gasteiger partial charge >= 0.3 is 0 Å². The van der Waals surface area contributed by atoms with E-state index in [1.165, 1.54) is 18.2 Å². The lowest BCUT2D eigenvalue weighted by atomic mass is 10.2. The Labute approximate surface area is 157 Å². The van der Waals surface area contributed by atoms with Gasteiger partial charge in [0.15, 0.2) is 0 Å². The Morgan fingerprint density at radius 1 is 0.963 bits per heavy atom. The lowest BCUT2D eigenvalue weighted by Gasteiger charge is -2.18. The van der Waals surface area contributed by atoms with E-state index in [-0.39, 0.29) is 17.0 Å². The first-order valence-corrected chi connectivity index (χ1v) is 9.68. The second-order valence-corrected chi connectivity index (χ2v) is 8.16. The summed E-state index contributed by atoms with van der Waals surface area (Å²) in [6.07, 6.45) is -0.314. The van der Waals surface area contributed by atoms with Gasteiger partial charge in [-0.05, 0) is 42.8 Å². The molecule has 142 valence electrons. The fourth-order valence-electron chi connectivity index (χ4n) is 2.81. The molecule has 2 aromatic carbocycles. The van der Waals surface area contributed by atoms with E-state index in [0.29, 0.717) is 11.4 Å². The Hall–Kier alpha value is -3.07. The summed E-state index contributed by atoms with van der Waals surface area (Å²) >= 11 is 0. The molecule has 0 radical (unpaired) electrons. The highest BCUT2D eigenvalue weighted by Crippen LogP contribution is 2.29. The number of anilines is 4. The maximum atomic E-state index is 12.8. The topological polar surface area (TPSA) is 108 Å². The average molecular weight is 388 g/mol. The molecule has 27 heavy (non-hydrogen) atoms. The van der Waals surface area contributed by atoms with E-state index in [1.54, 1.807) is 12.1 Å². The van der Waals surface area contributed by atoms with Crippen LogP contribution in [0.5, 0.6) is 0 Å². The molecule has 1 heterocycles. The molecule has 1 aliphatic heterocycles. The standard InChI is InChI=1S/C18H20N4O4S/c1-11-4-5-12(8-16(11)22(2)3)21-27(25,26)13-6-7-14-15(9-13)20-18(24)10-17(23)19-14/h4-9,21H,10H2,1-3H3,(H,19,23)(H,20,24). The van der Waals surface area contributed by atoms with Crippen LogP contribution in [0.1, 0.15) is 12.0 Å². The predicted octanol–water partition coefficient (Wildman–Crippen LogP) is 2.14. The number of fused-ring (bicyclic) bond motifs is 1. The molecule has 2 amide bonds. The molecule has 0 spiro atoms. The molecule has 0 aliphatic carbocycles. The van der Waals surface area contributed by atoms with Crippen LogP contribution in [-0.2, 0) is 19.6 Å². The van der Waals surface area contributed by atoms with Crippen molar-refractivity contribution >= 4 is 44.6 Å². The molecule has 1 aliphatic rings. The minimum absolute atomic E-state index is 0.0234. The lowest BCUT2D eigenvalue weighted by molar-refractivity contribution is -0.123. The van der Waals surface area contributed by atoms with Crippen molar-refractivity contribution in [1.29, 1.82) is 0 Å². The van der Waals surface area contributed by atoms with Gasteiger partial charge in [0.2, 0.25) is 11.8 Å². The van der Waals surface area contributed by atoms with Crippen LogP contribution in [-0.4, -0.2) is 34.3 Å². The number of hydrogen-bond acceptors (Lipinski definition) is 5. The van der Waals surface area contributed by atoms with Gasteiger partial charge in [0.25, 0.3) is 10.0 Å². The van der Waals surface area contributed by atoms with Crippen LogP contribution in [0.25, 0.3) is 0 Å². The molecule has 0 saturated heterocycles. The summed E-state index contributed by atoms with van der Waals surface area (Å²) in [6.45, 7) is 1.94. The SMILES string of the molecule is Cc1ccc(NS(=O)(=O)c2ccc3c(c2)NC(=O)CC(=O)N3)cc1N(C)C. The molecular weight excluding hydrogens is 368 g/mol. The molecule has 0 unspecified atom stereocenters. The Morgan fingerprint density at radius 3 is 2.30 bits per heavy atom. The minimum atomic E-state index is -3.88. The first-order valence-electron chi connectivity index (χ1n) is 8.20. The molecule has 0 bridgehead atoms. The van der Waals surface area contributed by atoms with Crippen LogP contribution in [0.3, 0.4) is 0 Å². The third kappa shape index (κ3) is 4.03. The van der Waals surface area contributed by atoms with Gasteiger partial charge in [-0.2, -0.15) is 0 Å². The molecule has 0 atom stereocenters. The number of carbonyl (C=O) groups excluding carboxylic acids is 2. The minimum Gasteiger partial charge on any atom is -0.377 e. The van der Waals surface area contributed by atoms with E-state index < -0.39 is 21.8 Å². The van der Waals surface area contributed by atoms with Gasteiger partial charge in [0, 0.05) is 19.8 Å². The number of nitrogens with one attached hydrogen (secondary N) is 3. The van der Waals surface area contributed by atoms with Crippen molar-refractivity contribution in [2.75, 3.05) is 34.4 Å². The second kappa shape index (κ2) is 6.92. The second-order valence-electron chi connectivity index (χ2n) is 6.48. The number of sulfonamides is 1. The van der Waals surface area contributed by atoms with Crippen LogP contribution < -0.4 is 20.3 Å². The van der Waals surface area contributed by atoms with Crippen molar-refractivity contribution in [2.24, 2.45) is 0 Å². The maximum absolute atomic E-state index is 12.8. The van der Waals surface area contributed by atoms with Gasteiger partial charge in [-0.1, -0.05) is 6.07 Å². The quantitative estimate of drug-likeness (QED) is 0.696. The highest BCUT2D eigenvalue weighted by Gasteiger charge is 2.22. The number of amides is 2. The lowest BCUT2D eigenvalue weighted by Crippen LogP contribution is -2.16. The van der Waals surface area contributed by atoms with Gasteiger partial charge < -0.3 is 15.5 Å². The van der Waals surface area contributed by atoms with E-state index >= 15 is 0 Å². The van der Waals surface area contributed by atoms with Gasteiger partial charge in [0.05, 0.1) is 22.0 Å². The Balaban J connectivity index is 1.93. The highest BCUT2D eigenvalue weighted by atomic mass is 32.2. The number of hydrogen-bond donors (Lipinski definition) is 3. The molecule has 3 rings (SSSR count). The van der Waals surface area contributed by atoms with Crippen molar-refractivity contribution in [3.05, 3.63) is 42.0 Å². The summed E-state index contributed by atoms with van der Waals surface area (Å²) in [7, 11) is -0.120. The van der Waals surface area contributed by atoms with E-state index in [0.717, 1.165) is 11.3 Å². The van der Waals surface area contributed by atoms with Crippen molar-refractivity contribution in [3.63, 3.8) is 0 Å². The molecule has 0 fully saturated rings. The maximum Gasteiger partial charge on any atom is 0.261 e. The number of rotatable bonds is 4. The van der Waals surface area contributed by atoms with Crippen LogP contribution >= 0.6 is 0 Å². The summed E-state index contributed by atoms with van der Waals surface area (Å²) in [5.41, 5.74) is 2.94. The smallest absolute Gasteiger partial charge is 0.261 e. The van der Waals surface area contributed by atoms with Gasteiger partial charge in [-0.25, -0.2) is 8.42 Å². The molecule has 9 heteroatoms. The zero-order chi connectivity index (χ0) is 19.8. The third-order valence-corrected chi connectivity index (χ3v) is 5.49. The van der Waals surface area contributed by atoms with Crippen molar-refractivity contribution in [1.82, 2.24) is 0 Å². The molecule has 2 aromatic rings. The van der Waals surface area contributed by atoms with Crippen LogP contribution in [0, 0.1) is 6.92 Å². The molecule has 0 aromatic heterocycles.